The number of hydrogen-bond acceptors (Lipinski definition) is 4. The van der Waals surface area contributed by atoms with Gasteiger partial charge in [-0.1, -0.05) is 0 Å². The number of rotatable bonds is 3. The number of primary amides is 1. The number of pyridine rings is 1. The minimum Gasteiger partial charge on any atom is -0.471 e. The number of hydrogen-bond donors (Lipinski definition) is 2. The molecule has 3 rings (SSSR count). The van der Waals surface area contributed by atoms with Crippen LogP contribution in [0, 0.1) is 0 Å². The Bertz CT molecular complexity index is 469. The highest BCUT2D eigenvalue weighted by Crippen LogP contribution is 2.27. The van der Waals surface area contributed by atoms with Gasteiger partial charge in [-0.05, 0) is 30.9 Å². The highest BCUT2D eigenvalue weighted by molar-refractivity contribution is 5.95. The van der Waals surface area contributed by atoms with Crippen molar-refractivity contribution in [1.82, 2.24) is 10.3 Å². The van der Waals surface area contributed by atoms with Gasteiger partial charge in [-0.25, -0.2) is 4.98 Å². The van der Waals surface area contributed by atoms with E-state index in [1.54, 1.807) is 0 Å². The molecule has 1 fully saturated rings. The van der Waals surface area contributed by atoms with Crippen LogP contribution < -0.4 is 15.8 Å². The molecule has 2 aliphatic rings. The molecule has 1 aliphatic carbocycles. The van der Waals surface area contributed by atoms with E-state index >= 15 is 0 Å². The Morgan fingerprint density at radius 3 is 2.94 bits per heavy atom. The van der Waals surface area contributed by atoms with Gasteiger partial charge in [-0.2, -0.15) is 0 Å². The highest BCUT2D eigenvalue weighted by Gasteiger charge is 2.24. The van der Waals surface area contributed by atoms with Crippen LogP contribution in [0.25, 0.3) is 0 Å². The molecule has 0 spiro atoms. The summed E-state index contributed by atoms with van der Waals surface area (Å²) in [6.07, 6.45) is 3.15. The fourth-order valence-electron chi connectivity index (χ4n) is 2.22. The van der Waals surface area contributed by atoms with E-state index in [9.17, 15) is 4.79 Å². The van der Waals surface area contributed by atoms with E-state index in [-0.39, 0.29) is 6.10 Å². The quantitative estimate of drug-likeness (QED) is 0.771. The number of aromatic nitrogens is 1. The Balaban J connectivity index is 1.95. The normalized spacial score (nSPS) is 18.6. The summed E-state index contributed by atoms with van der Waals surface area (Å²) in [5.74, 6) is -0.0564. The number of carbonyl (C=O) groups excluding carboxylic acids is 1. The van der Waals surface area contributed by atoms with E-state index in [4.69, 9.17) is 10.5 Å². The van der Waals surface area contributed by atoms with Gasteiger partial charge in [0.15, 0.2) is 0 Å². The van der Waals surface area contributed by atoms with Crippen molar-refractivity contribution in [2.24, 2.45) is 5.73 Å². The van der Waals surface area contributed by atoms with Crippen molar-refractivity contribution in [3.63, 3.8) is 0 Å². The summed E-state index contributed by atoms with van der Waals surface area (Å²) >= 11 is 0. The monoisotopic (exact) mass is 233 g/mol. The molecule has 3 N–H and O–H groups in total. The standard InChI is InChI=1S/C12H15N3O2/c13-11(16)9-4-7-2-1-3-10(7)15-12(9)17-8-5-14-6-8/h4,8,14H,1-3,5-6H2,(H2,13,16). The van der Waals surface area contributed by atoms with Crippen LogP contribution in [0.4, 0.5) is 0 Å². The maximum Gasteiger partial charge on any atom is 0.254 e. The number of nitrogens with zero attached hydrogens (tertiary/aromatic N) is 1. The van der Waals surface area contributed by atoms with E-state index < -0.39 is 5.91 Å². The summed E-state index contributed by atoms with van der Waals surface area (Å²) < 4.78 is 5.69. The van der Waals surface area contributed by atoms with Gasteiger partial charge in [0, 0.05) is 18.8 Å². The van der Waals surface area contributed by atoms with Crippen molar-refractivity contribution in [1.29, 1.82) is 0 Å². The average Bonchev–Trinajstić information content (AvgIpc) is 2.68. The number of carbonyl (C=O) groups is 1. The minimum absolute atomic E-state index is 0.111. The summed E-state index contributed by atoms with van der Waals surface area (Å²) in [6.45, 7) is 1.61. The van der Waals surface area contributed by atoms with Crippen molar-refractivity contribution in [3.05, 3.63) is 22.9 Å². The Morgan fingerprint density at radius 2 is 2.29 bits per heavy atom. The number of amides is 1. The fraction of sp³-hybridized carbons (Fsp3) is 0.500. The Labute approximate surface area is 99.4 Å². The first-order valence-corrected chi connectivity index (χ1v) is 5.94. The molecule has 1 aliphatic heterocycles. The predicted octanol–water partition coefficient (Wildman–Crippen LogP) is 0.0198. The first-order chi connectivity index (χ1) is 8.24. The molecule has 2 heterocycles. The maximum atomic E-state index is 11.4. The van der Waals surface area contributed by atoms with E-state index in [1.807, 2.05) is 6.07 Å². The summed E-state index contributed by atoms with van der Waals surface area (Å²) in [5, 5.41) is 3.11. The van der Waals surface area contributed by atoms with Crippen molar-refractivity contribution in [3.8, 4) is 5.88 Å². The van der Waals surface area contributed by atoms with Gasteiger partial charge < -0.3 is 15.8 Å². The minimum atomic E-state index is -0.463. The molecule has 1 saturated heterocycles. The third-order valence-corrected chi connectivity index (χ3v) is 3.30. The van der Waals surface area contributed by atoms with Gasteiger partial charge in [-0.15, -0.1) is 0 Å². The van der Waals surface area contributed by atoms with Gasteiger partial charge in [0.25, 0.3) is 5.91 Å². The molecule has 0 radical (unpaired) electrons. The maximum absolute atomic E-state index is 11.4. The fourth-order valence-corrected chi connectivity index (χ4v) is 2.22. The van der Waals surface area contributed by atoms with Crippen LogP contribution in [-0.4, -0.2) is 30.1 Å². The molecule has 0 bridgehead atoms. The van der Waals surface area contributed by atoms with E-state index in [2.05, 4.69) is 10.3 Å². The topological polar surface area (TPSA) is 77.2 Å². The number of aryl methyl sites for hydroxylation is 2. The van der Waals surface area contributed by atoms with Gasteiger partial charge in [0.1, 0.15) is 11.7 Å². The summed E-state index contributed by atoms with van der Waals surface area (Å²) in [5.41, 5.74) is 7.97. The lowest BCUT2D eigenvalue weighted by atomic mass is 10.1. The number of nitrogens with one attached hydrogen (secondary N) is 1. The molecule has 1 aromatic heterocycles. The van der Waals surface area contributed by atoms with Gasteiger partial charge in [-0.3, -0.25) is 4.79 Å². The van der Waals surface area contributed by atoms with Gasteiger partial charge in [0.2, 0.25) is 5.88 Å². The zero-order chi connectivity index (χ0) is 11.8. The summed E-state index contributed by atoms with van der Waals surface area (Å²) in [4.78, 5) is 15.8. The van der Waals surface area contributed by atoms with Crippen LogP contribution in [-0.2, 0) is 12.8 Å². The highest BCUT2D eigenvalue weighted by atomic mass is 16.5. The van der Waals surface area contributed by atoms with Crippen molar-refractivity contribution in [2.45, 2.75) is 25.4 Å². The SMILES string of the molecule is NC(=O)c1cc2c(nc1OC1CNC1)CCC2. The zero-order valence-corrected chi connectivity index (χ0v) is 9.53. The number of fused-ring (bicyclic) bond motifs is 1. The molecule has 1 amide bonds. The van der Waals surface area contributed by atoms with Gasteiger partial charge >= 0.3 is 0 Å². The van der Waals surface area contributed by atoms with Crippen LogP contribution >= 0.6 is 0 Å². The molecule has 90 valence electrons. The third-order valence-electron chi connectivity index (χ3n) is 3.30. The molecule has 0 atom stereocenters. The van der Waals surface area contributed by atoms with Crippen LogP contribution in [0.3, 0.4) is 0 Å². The van der Waals surface area contributed by atoms with Crippen LogP contribution in [0.15, 0.2) is 6.07 Å². The Morgan fingerprint density at radius 1 is 1.47 bits per heavy atom. The molecular formula is C12H15N3O2. The molecule has 0 saturated carbocycles. The smallest absolute Gasteiger partial charge is 0.254 e. The second kappa shape index (κ2) is 4.00. The Hall–Kier alpha value is -1.62. The molecule has 5 heteroatoms. The number of nitrogens with two attached hydrogens (primary N) is 1. The summed E-state index contributed by atoms with van der Waals surface area (Å²) in [6, 6.07) is 1.85. The lowest BCUT2D eigenvalue weighted by molar-refractivity contribution is 0.0980. The molecule has 17 heavy (non-hydrogen) atoms. The Kier molecular flexibility index (Phi) is 2.48. The second-order valence-electron chi connectivity index (χ2n) is 4.56. The second-order valence-corrected chi connectivity index (χ2v) is 4.56. The molecule has 0 aromatic carbocycles. The lowest BCUT2D eigenvalue weighted by Gasteiger charge is -2.28. The first-order valence-electron chi connectivity index (χ1n) is 5.94. The van der Waals surface area contributed by atoms with Gasteiger partial charge in [0.05, 0.1) is 0 Å². The summed E-state index contributed by atoms with van der Waals surface area (Å²) in [7, 11) is 0. The molecular weight excluding hydrogens is 218 g/mol. The van der Waals surface area contributed by atoms with E-state index in [0.29, 0.717) is 11.4 Å². The molecule has 0 unspecified atom stereocenters. The number of ether oxygens (including phenoxy) is 1. The van der Waals surface area contributed by atoms with Crippen molar-refractivity contribution >= 4 is 5.91 Å². The molecule has 1 aromatic rings. The molecule has 5 nitrogen and oxygen atoms in total. The largest absolute Gasteiger partial charge is 0.471 e. The zero-order valence-electron chi connectivity index (χ0n) is 9.53. The lowest BCUT2D eigenvalue weighted by Crippen LogP contribution is -2.50. The van der Waals surface area contributed by atoms with E-state index in [0.717, 1.165) is 43.6 Å². The first kappa shape index (κ1) is 10.5. The van der Waals surface area contributed by atoms with Crippen LogP contribution in [0.2, 0.25) is 0 Å². The average molecular weight is 233 g/mol. The third kappa shape index (κ3) is 1.86. The van der Waals surface area contributed by atoms with Crippen molar-refractivity contribution in [2.75, 3.05) is 13.1 Å². The van der Waals surface area contributed by atoms with Crippen molar-refractivity contribution < 1.29 is 9.53 Å². The van der Waals surface area contributed by atoms with E-state index in [1.165, 1.54) is 0 Å². The predicted molar refractivity (Wildman–Crippen MR) is 62.1 cm³/mol. The van der Waals surface area contributed by atoms with Crippen LogP contribution in [0.5, 0.6) is 5.88 Å². The van der Waals surface area contributed by atoms with Crippen LogP contribution in [0.1, 0.15) is 28.0 Å².